The number of hydrogen-bond donors (Lipinski definition) is 0. The minimum absolute atomic E-state index is 0.0224. The molecule has 0 fully saturated rings. The first-order valence-electron chi connectivity index (χ1n) is 21.0. The van der Waals surface area contributed by atoms with Gasteiger partial charge in [0.1, 0.15) is 52.7 Å². The van der Waals surface area contributed by atoms with Gasteiger partial charge in [-0.3, -0.25) is 9.59 Å². The minimum Gasteiger partial charge on any atom is -0.287 e. The maximum absolute atomic E-state index is 15.4. The fourth-order valence-corrected chi connectivity index (χ4v) is 8.79. The molecule has 76 heavy (non-hydrogen) atoms. The van der Waals surface area contributed by atoms with E-state index >= 15 is 35.1 Å². The summed E-state index contributed by atoms with van der Waals surface area (Å²) >= 11 is 0. The summed E-state index contributed by atoms with van der Waals surface area (Å²) in [5.74, 6) is -71.6. The fourth-order valence-electron chi connectivity index (χ4n) is 8.79. The van der Waals surface area contributed by atoms with Crippen LogP contribution in [-0.4, -0.2) is 22.7 Å². The summed E-state index contributed by atoms with van der Waals surface area (Å²) in [6.07, 6.45) is -2.29. The number of benzene rings is 8. The first-order chi connectivity index (χ1) is 35.9. The Kier molecular flexibility index (Phi) is 14.3. The maximum Gasteiger partial charge on any atom is 0.227 e. The Morgan fingerprint density at radius 2 is 0.697 bits per heavy atom. The average Bonchev–Trinajstić information content (AvgIpc) is 3.42. The molecule has 0 N–H and O–H groups in total. The van der Waals surface area contributed by atoms with E-state index in [0.29, 0.717) is 16.8 Å². The Balaban J connectivity index is 0.000000215. The third-order valence-electron chi connectivity index (χ3n) is 12.1. The van der Waals surface area contributed by atoms with E-state index in [0.717, 1.165) is 21.5 Å². The summed E-state index contributed by atoms with van der Waals surface area (Å²) in [5.41, 5.74) is -12.7. The predicted octanol–water partition coefficient (Wildman–Crippen LogP) is 10.6. The molecule has 9 aromatic rings. The smallest absolute Gasteiger partial charge is 0.227 e. The molecular formula is C51H19BF20N2O2. The molecule has 1 aromatic heterocycles. The largest absolute Gasteiger partial charge is 0.287 e. The molecule has 4 nitrogen and oxygen atoms in total. The van der Waals surface area contributed by atoms with Gasteiger partial charge in [0.2, 0.25) is 18.1 Å². The van der Waals surface area contributed by atoms with Gasteiger partial charge in [0.05, 0.1) is 6.20 Å². The molecular weight excluding hydrogens is 1060 g/mol. The summed E-state index contributed by atoms with van der Waals surface area (Å²) in [5, 5.41) is 3.80. The lowest BCUT2D eigenvalue weighted by Gasteiger charge is -2.44. The van der Waals surface area contributed by atoms with Crippen LogP contribution in [0.15, 0.2) is 104 Å². The van der Waals surface area contributed by atoms with Crippen molar-refractivity contribution in [3.05, 3.63) is 237 Å². The van der Waals surface area contributed by atoms with Gasteiger partial charge < -0.3 is 0 Å². The Hall–Kier alpha value is -8.64. The van der Waals surface area contributed by atoms with Crippen molar-refractivity contribution in [2.24, 2.45) is 0 Å². The van der Waals surface area contributed by atoms with Crippen molar-refractivity contribution < 1.29 is 102 Å². The van der Waals surface area contributed by atoms with Crippen LogP contribution in [0.1, 0.15) is 26.4 Å². The molecule has 0 saturated heterocycles. The molecule has 0 saturated carbocycles. The van der Waals surface area contributed by atoms with Crippen LogP contribution in [0.2, 0.25) is 0 Å². The van der Waals surface area contributed by atoms with Gasteiger partial charge in [-0.25, -0.2) is 92.8 Å². The molecule has 0 aliphatic heterocycles. The van der Waals surface area contributed by atoms with Crippen LogP contribution in [-0.2, 0) is 6.54 Å². The SMILES string of the molecule is Fc1c(F)c(F)c([B-](c2c(F)c(F)c(F)c(F)c2F)(c2c(F)c(F)c(F)c(F)c2F)c2c(F)c(F)c(F)c(F)c2F)c(F)c1F.O=C(C[n+]1ccnc(C(=O)c2c3ccccc3cc3ccccc23)c1)c1ccccc1. The number of hydrogen-bond acceptors (Lipinski definition) is 3. The van der Waals surface area contributed by atoms with Crippen molar-refractivity contribution in [2.45, 2.75) is 6.54 Å². The molecule has 1 heterocycles. The summed E-state index contributed by atoms with van der Waals surface area (Å²) in [6, 6.07) is 27.0. The summed E-state index contributed by atoms with van der Waals surface area (Å²) < 4.78 is 296. The van der Waals surface area contributed by atoms with E-state index in [1.165, 1.54) is 0 Å². The molecule has 0 aliphatic rings. The lowest BCUT2D eigenvalue weighted by Crippen LogP contribution is -2.81. The van der Waals surface area contributed by atoms with Crippen LogP contribution in [0.3, 0.4) is 0 Å². The molecule has 388 valence electrons. The number of Topliss-reactive ketones (excluding diaryl/α,β-unsaturated/α-hetero) is 1. The zero-order chi connectivity index (χ0) is 55.6. The van der Waals surface area contributed by atoms with Crippen LogP contribution in [0.25, 0.3) is 21.5 Å². The second-order valence-electron chi connectivity index (χ2n) is 16.2. The zero-order valence-corrected chi connectivity index (χ0v) is 36.9. The van der Waals surface area contributed by atoms with Gasteiger partial charge in [-0.15, -0.1) is 21.9 Å². The van der Waals surface area contributed by atoms with Crippen LogP contribution in [0, 0.1) is 116 Å². The van der Waals surface area contributed by atoms with Crippen molar-refractivity contribution >= 4 is 61.1 Å². The number of aromatic nitrogens is 2. The van der Waals surface area contributed by atoms with Crippen LogP contribution in [0.4, 0.5) is 87.8 Å². The van der Waals surface area contributed by atoms with Crippen molar-refractivity contribution in [3.8, 4) is 0 Å². The van der Waals surface area contributed by atoms with Crippen molar-refractivity contribution in [1.29, 1.82) is 0 Å². The molecule has 0 atom stereocenters. The number of carbonyl (C=O) groups is 2. The summed E-state index contributed by atoms with van der Waals surface area (Å²) in [7, 11) is 0. The lowest BCUT2D eigenvalue weighted by atomic mass is 9.12. The first kappa shape index (κ1) is 53.7. The van der Waals surface area contributed by atoms with E-state index in [4.69, 9.17) is 0 Å². The van der Waals surface area contributed by atoms with E-state index in [9.17, 15) is 62.3 Å². The second kappa shape index (κ2) is 20.2. The molecule has 0 radical (unpaired) electrons. The third-order valence-corrected chi connectivity index (χ3v) is 12.1. The average molecular weight is 1080 g/mol. The Morgan fingerprint density at radius 1 is 0.395 bits per heavy atom. The van der Waals surface area contributed by atoms with Gasteiger partial charge in [0, 0.05) is 11.1 Å². The fraction of sp³-hybridized carbons (Fsp3) is 0.0196. The molecule has 8 aromatic carbocycles. The third kappa shape index (κ3) is 8.42. The van der Waals surface area contributed by atoms with Crippen molar-refractivity contribution in [1.82, 2.24) is 4.98 Å². The van der Waals surface area contributed by atoms with Gasteiger partial charge in [0.15, 0.2) is 87.9 Å². The van der Waals surface area contributed by atoms with E-state index < -0.39 is 144 Å². The number of halogens is 20. The summed E-state index contributed by atoms with van der Waals surface area (Å²) in [6.45, 7) is 0.142. The molecule has 0 unspecified atom stereocenters. The molecule has 0 bridgehead atoms. The minimum atomic E-state index is -7.22. The standard InChI is InChI=1S/C27H19N2O2.C24BF20/c30-25(19-8-2-1-3-9-19)18-29-15-14-28-24(17-29)27(31)26-22-12-6-4-10-20(22)16-21-11-5-7-13-23(21)26;26-5-1(6(27)14(35)21(42)13(5)34)25(2-7(28)15(36)22(43)16(37)8(2)29,3-9(30)17(38)23(44)18(39)10(3)31)4-11(32)19(40)24(45)20(41)12(4)33/h1-17H,18H2;/q+1;-1. The van der Waals surface area contributed by atoms with Crippen molar-refractivity contribution in [2.75, 3.05) is 0 Å². The highest BCUT2D eigenvalue weighted by Gasteiger charge is 2.52. The van der Waals surface area contributed by atoms with Gasteiger partial charge in [0.25, 0.3) is 0 Å². The molecule has 0 spiro atoms. The van der Waals surface area contributed by atoms with E-state index in [1.54, 1.807) is 35.3 Å². The van der Waals surface area contributed by atoms with Crippen molar-refractivity contribution in [3.63, 3.8) is 0 Å². The van der Waals surface area contributed by atoms with Gasteiger partial charge in [-0.05, 0) is 27.6 Å². The molecule has 0 aliphatic carbocycles. The number of ketones is 2. The normalized spacial score (nSPS) is 11.6. The Labute approximate surface area is 410 Å². The van der Waals surface area contributed by atoms with Crippen LogP contribution < -0.4 is 26.4 Å². The van der Waals surface area contributed by atoms with Gasteiger partial charge in [-0.2, -0.15) is 4.57 Å². The highest BCUT2D eigenvalue weighted by atomic mass is 19.2. The monoisotopic (exact) mass is 1080 g/mol. The van der Waals surface area contributed by atoms with E-state index in [1.807, 2.05) is 66.7 Å². The second-order valence-corrected chi connectivity index (χ2v) is 16.2. The number of carbonyl (C=O) groups excluding carboxylic acids is 2. The summed E-state index contributed by atoms with van der Waals surface area (Å²) in [4.78, 5) is 30.5. The first-order valence-corrected chi connectivity index (χ1v) is 21.0. The van der Waals surface area contributed by atoms with E-state index in [-0.39, 0.29) is 18.1 Å². The van der Waals surface area contributed by atoms with Crippen LogP contribution in [0.5, 0.6) is 0 Å². The molecule has 0 amide bonds. The topological polar surface area (TPSA) is 50.9 Å². The predicted molar refractivity (Wildman–Crippen MR) is 229 cm³/mol. The highest BCUT2D eigenvalue weighted by molar-refractivity contribution is 7.20. The number of nitrogens with zero attached hydrogens (tertiary/aromatic N) is 2. The Bertz CT molecular complexity index is 3480. The lowest BCUT2D eigenvalue weighted by molar-refractivity contribution is -0.683. The molecule has 25 heteroatoms. The Morgan fingerprint density at radius 3 is 1.04 bits per heavy atom. The van der Waals surface area contributed by atoms with E-state index in [2.05, 4.69) is 11.1 Å². The zero-order valence-electron chi connectivity index (χ0n) is 36.9. The molecule has 9 rings (SSSR count). The quantitative estimate of drug-likeness (QED) is 0.0275. The number of fused-ring (bicyclic) bond motifs is 2. The van der Waals surface area contributed by atoms with Gasteiger partial charge in [-0.1, -0.05) is 78.9 Å². The number of rotatable bonds is 9. The van der Waals surface area contributed by atoms with Gasteiger partial charge >= 0.3 is 0 Å². The maximum atomic E-state index is 15.4. The highest BCUT2D eigenvalue weighted by Crippen LogP contribution is 2.33. The van der Waals surface area contributed by atoms with Crippen LogP contribution >= 0.6 is 0 Å².